The molecular weight excluding hydrogens is 521 g/mol. The van der Waals surface area contributed by atoms with Crippen LogP contribution in [0.5, 0.6) is 5.75 Å². The van der Waals surface area contributed by atoms with Crippen LogP contribution in [0.15, 0.2) is 75.6 Å². The first-order chi connectivity index (χ1) is 17.3. The van der Waals surface area contributed by atoms with Gasteiger partial charge >= 0.3 is 0 Å². The number of halogens is 2. The Balaban J connectivity index is 1.32. The number of rotatable bonds is 4. The van der Waals surface area contributed by atoms with E-state index < -0.39 is 5.91 Å². The van der Waals surface area contributed by atoms with E-state index in [2.05, 4.69) is 15.6 Å². The molecule has 0 atom stereocenters. The van der Waals surface area contributed by atoms with Crippen LogP contribution in [0.25, 0.3) is 33.9 Å². The molecular formula is C26H17Cl2N3O4S. The Morgan fingerprint density at radius 3 is 2.58 bits per heavy atom. The molecule has 7 nitrogen and oxygen atoms in total. The molecule has 36 heavy (non-hydrogen) atoms. The highest BCUT2D eigenvalue weighted by molar-refractivity contribution is 7.80. The van der Waals surface area contributed by atoms with Crippen molar-refractivity contribution >= 4 is 63.2 Å². The van der Waals surface area contributed by atoms with Gasteiger partial charge < -0.3 is 19.3 Å². The molecule has 0 aliphatic rings. The van der Waals surface area contributed by atoms with Gasteiger partial charge in [0.05, 0.1) is 10.6 Å². The number of fused-ring (bicyclic) bond motifs is 1. The number of phenolic OH excluding ortho intramolecular Hbond substituents is 1. The largest absolute Gasteiger partial charge is 0.507 e. The van der Waals surface area contributed by atoms with Crippen LogP contribution >= 0.6 is 35.4 Å². The topological polar surface area (TPSA) is 101 Å². The summed E-state index contributed by atoms with van der Waals surface area (Å²) in [7, 11) is 0. The highest BCUT2D eigenvalue weighted by atomic mass is 35.5. The van der Waals surface area contributed by atoms with Gasteiger partial charge in [-0.1, -0.05) is 35.3 Å². The molecule has 10 heteroatoms. The molecule has 2 aromatic heterocycles. The summed E-state index contributed by atoms with van der Waals surface area (Å²) in [5.41, 5.74) is 3.36. The number of nitrogens with one attached hydrogen (secondary N) is 2. The Labute approximate surface area is 220 Å². The summed E-state index contributed by atoms with van der Waals surface area (Å²) in [4.78, 5) is 17.1. The van der Waals surface area contributed by atoms with Gasteiger partial charge in [0, 0.05) is 16.3 Å². The number of aromatic hydroxyl groups is 1. The van der Waals surface area contributed by atoms with E-state index in [-0.39, 0.29) is 22.5 Å². The number of hydrogen-bond acceptors (Lipinski definition) is 6. The maximum Gasteiger partial charge on any atom is 0.293 e. The standard InChI is InChI=1S/C26H17Cl2N3O4S/c1-13-10-15(12-17(23(13)32)25-30-19-4-2-3-5-21(19)35-25)29-26(36)31-24(33)22-9-8-20(34-22)16-7-6-14(27)11-18(16)28/h2-12,32H,1H3,(H2,29,31,33,36). The zero-order chi connectivity index (χ0) is 25.4. The number of aromatic nitrogens is 1. The minimum Gasteiger partial charge on any atom is -0.507 e. The van der Waals surface area contributed by atoms with Crippen LogP contribution in [-0.4, -0.2) is 21.1 Å². The third kappa shape index (κ3) is 4.79. The lowest BCUT2D eigenvalue weighted by atomic mass is 10.1. The van der Waals surface area contributed by atoms with Crippen LogP contribution in [0.4, 0.5) is 5.69 Å². The molecule has 0 aliphatic heterocycles. The van der Waals surface area contributed by atoms with E-state index in [0.717, 1.165) is 0 Å². The van der Waals surface area contributed by atoms with Gasteiger partial charge in [-0.05, 0) is 79.3 Å². The quantitative estimate of drug-likeness (QED) is 0.164. The van der Waals surface area contributed by atoms with Gasteiger partial charge in [-0.3, -0.25) is 10.1 Å². The van der Waals surface area contributed by atoms with Crippen LogP contribution in [0.1, 0.15) is 16.1 Å². The molecule has 2 heterocycles. The van der Waals surface area contributed by atoms with Crippen molar-refractivity contribution in [1.29, 1.82) is 0 Å². The van der Waals surface area contributed by atoms with Crippen molar-refractivity contribution in [3.05, 3.63) is 88.1 Å². The average molecular weight is 538 g/mol. The number of carbonyl (C=O) groups excluding carboxylic acids is 1. The molecule has 0 aliphatic carbocycles. The van der Waals surface area contributed by atoms with E-state index in [0.29, 0.717) is 49.3 Å². The molecule has 0 radical (unpaired) electrons. The van der Waals surface area contributed by atoms with Gasteiger partial charge in [0.2, 0.25) is 5.89 Å². The number of anilines is 1. The third-order valence-electron chi connectivity index (χ3n) is 5.34. The lowest BCUT2D eigenvalue weighted by molar-refractivity contribution is 0.0951. The SMILES string of the molecule is Cc1cc(NC(=S)NC(=O)c2ccc(-c3ccc(Cl)cc3Cl)o2)cc(-c2nc3ccccc3o2)c1O. The van der Waals surface area contributed by atoms with Crippen LogP contribution in [0, 0.1) is 6.92 Å². The molecule has 0 bridgehead atoms. The maximum absolute atomic E-state index is 12.7. The Bertz CT molecular complexity index is 1610. The van der Waals surface area contributed by atoms with Crippen LogP contribution in [-0.2, 0) is 0 Å². The summed E-state index contributed by atoms with van der Waals surface area (Å²) < 4.78 is 11.5. The van der Waals surface area contributed by atoms with Crippen LogP contribution < -0.4 is 10.6 Å². The molecule has 1 amide bonds. The third-order valence-corrected chi connectivity index (χ3v) is 6.09. The molecule has 3 aromatic carbocycles. The predicted molar refractivity (Wildman–Crippen MR) is 144 cm³/mol. The van der Waals surface area contributed by atoms with Crippen molar-refractivity contribution in [3.8, 4) is 28.5 Å². The normalized spacial score (nSPS) is 11.0. The molecule has 5 aromatic rings. The van der Waals surface area contributed by atoms with Crippen molar-refractivity contribution in [1.82, 2.24) is 10.3 Å². The van der Waals surface area contributed by atoms with Gasteiger partial charge in [-0.2, -0.15) is 0 Å². The Kier molecular flexibility index (Phi) is 6.40. The number of hydrogen-bond donors (Lipinski definition) is 3. The smallest absolute Gasteiger partial charge is 0.293 e. The molecule has 5 rings (SSSR count). The highest BCUT2D eigenvalue weighted by Gasteiger charge is 2.18. The number of carbonyl (C=O) groups is 1. The van der Waals surface area contributed by atoms with Crippen molar-refractivity contribution in [2.75, 3.05) is 5.32 Å². The maximum atomic E-state index is 12.7. The van der Waals surface area contributed by atoms with Gasteiger partial charge in [0.1, 0.15) is 17.0 Å². The number of nitrogens with zero attached hydrogens (tertiary/aromatic N) is 1. The summed E-state index contributed by atoms with van der Waals surface area (Å²) >= 11 is 17.5. The van der Waals surface area contributed by atoms with E-state index in [1.807, 2.05) is 18.2 Å². The zero-order valence-electron chi connectivity index (χ0n) is 18.6. The van der Waals surface area contributed by atoms with Gasteiger partial charge in [0.15, 0.2) is 16.5 Å². The second kappa shape index (κ2) is 9.66. The number of thiocarbonyl (C=S) groups is 1. The molecule has 0 unspecified atom stereocenters. The lowest BCUT2D eigenvalue weighted by Crippen LogP contribution is -2.33. The second-order valence-electron chi connectivity index (χ2n) is 7.87. The first-order valence-corrected chi connectivity index (χ1v) is 11.8. The molecule has 3 N–H and O–H groups in total. The summed E-state index contributed by atoms with van der Waals surface area (Å²) in [6.45, 7) is 1.74. The number of aryl methyl sites for hydroxylation is 1. The summed E-state index contributed by atoms with van der Waals surface area (Å²) in [6, 6.07) is 18.8. The first-order valence-electron chi connectivity index (χ1n) is 10.7. The summed E-state index contributed by atoms with van der Waals surface area (Å²) in [5.74, 6) is 0.218. The van der Waals surface area contributed by atoms with Crippen LogP contribution in [0.3, 0.4) is 0 Å². The number of benzene rings is 3. The fourth-order valence-electron chi connectivity index (χ4n) is 3.62. The predicted octanol–water partition coefficient (Wildman–Crippen LogP) is 7.20. The monoisotopic (exact) mass is 537 g/mol. The van der Waals surface area contributed by atoms with E-state index in [1.54, 1.807) is 49.4 Å². The Morgan fingerprint density at radius 2 is 1.81 bits per heavy atom. The Hall–Kier alpha value is -3.85. The molecule has 0 spiro atoms. The van der Waals surface area contributed by atoms with Gasteiger partial charge in [-0.25, -0.2) is 4.98 Å². The Morgan fingerprint density at radius 1 is 1.00 bits per heavy atom. The summed E-state index contributed by atoms with van der Waals surface area (Å²) in [5, 5.41) is 17.1. The highest BCUT2D eigenvalue weighted by Crippen LogP contribution is 2.36. The van der Waals surface area contributed by atoms with Gasteiger partial charge in [-0.15, -0.1) is 0 Å². The molecule has 0 saturated carbocycles. The summed E-state index contributed by atoms with van der Waals surface area (Å²) in [6.07, 6.45) is 0. The number of phenols is 1. The number of oxazole rings is 1. The second-order valence-corrected chi connectivity index (χ2v) is 9.12. The molecule has 180 valence electrons. The van der Waals surface area contributed by atoms with E-state index in [9.17, 15) is 9.90 Å². The van der Waals surface area contributed by atoms with Gasteiger partial charge in [0.25, 0.3) is 5.91 Å². The average Bonchev–Trinajstić information content (AvgIpc) is 3.49. The minimum absolute atomic E-state index is 0.0334. The zero-order valence-corrected chi connectivity index (χ0v) is 21.0. The van der Waals surface area contributed by atoms with Crippen LogP contribution in [0.2, 0.25) is 10.0 Å². The van der Waals surface area contributed by atoms with Crippen molar-refractivity contribution < 1.29 is 18.7 Å². The fourth-order valence-corrected chi connectivity index (χ4v) is 4.34. The van der Waals surface area contributed by atoms with Crippen molar-refractivity contribution in [2.24, 2.45) is 0 Å². The fraction of sp³-hybridized carbons (Fsp3) is 0.0385. The van der Waals surface area contributed by atoms with E-state index in [4.69, 9.17) is 44.3 Å². The van der Waals surface area contributed by atoms with Crippen molar-refractivity contribution in [2.45, 2.75) is 6.92 Å². The number of furan rings is 1. The number of para-hydroxylation sites is 2. The first kappa shape index (κ1) is 23.9. The lowest BCUT2D eigenvalue weighted by Gasteiger charge is -2.12. The van der Waals surface area contributed by atoms with Crippen molar-refractivity contribution in [3.63, 3.8) is 0 Å². The van der Waals surface area contributed by atoms with E-state index in [1.165, 1.54) is 6.07 Å². The minimum atomic E-state index is -0.543. The number of amides is 1. The molecule has 0 fully saturated rings. The molecule has 0 saturated heterocycles. The van der Waals surface area contributed by atoms with E-state index >= 15 is 0 Å².